The molecule has 1 amide bonds. The summed E-state index contributed by atoms with van der Waals surface area (Å²) in [6.07, 6.45) is 2.97. The number of amides is 1. The number of nitrogens with two attached hydrogens (primary N) is 1. The standard InChI is InChI=1S/C14H14N4O2S/c1-9-6-17-12(7-16-9)14(19)18-10-3-2-4-11(5-10)20-8-13(15)21/h2-7H,8H2,1H3,(H2,15,21)(H,18,19). The Bertz CT molecular complexity index is 658. The maximum atomic E-state index is 12.0. The first kappa shape index (κ1) is 14.9. The van der Waals surface area contributed by atoms with E-state index >= 15 is 0 Å². The molecule has 21 heavy (non-hydrogen) atoms. The molecular formula is C14H14N4O2S. The molecule has 1 heterocycles. The molecule has 0 saturated heterocycles. The van der Waals surface area contributed by atoms with Crippen LogP contribution >= 0.6 is 12.2 Å². The number of anilines is 1. The van der Waals surface area contributed by atoms with Crippen LogP contribution in [0.15, 0.2) is 36.7 Å². The van der Waals surface area contributed by atoms with Gasteiger partial charge in [0.1, 0.15) is 23.0 Å². The van der Waals surface area contributed by atoms with Gasteiger partial charge in [-0.25, -0.2) is 4.98 Å². The minimum Gasteiger partial charge on any atom is -0.486 e. The molecule has 1 aromatic carbocycles. The van der Waals surface area contributed by atoms with Crippen molar-refractivity contribution in [2.75, 3.05) is 11.9 Å². The van der Waals surface area contributed by atoms with Crippen molar-refractivity contribution in [3.8, 4) is 5.75 Å². The normalized spacial score (nSPS) is 9.95. The summed E-state index contributed by atoms with van der Waals surface area (Å²) in [5, 5.41) is 2.72. The van der Waals surface area contributed by atoms with Crippen molar-refractivity contribution in [1.82, 2.24) is 9.97 Å². The zero-order valence-electron chi connectivity index (χ0n) is 11.4. The van der Waals surface area contributed by atoms with Gasteiger partial charge >= 0.3 is 0 Å². The zero-order valence-corrected chi connectivity index (χ0v) is 12.2. The van der Waals surface area contributed by atoms with Crippen molar-refractivity contribution in [2.24, 2.45) is 5.73 Å². The van der Waals surface area contributed by atoms with E-state index in [1.165, 1.54) is 12.4 Å². The molecule has 2 aromatic rings. The Labute approximate surface area is 127 Å². The maximum Gasteiger partial charge on any atom is 0.275 e. The lowest BCUT2D eigenvalue weighted by molar-refractivity contribution is 0.102. The largest absolute Gasteiger partial charge is 0.486 e. The molecule has 0 bridgehead atoms. The molecule has 7 heteroatoms. The number of rotatable bonds is 5. The van der Waals surface area contributed by atoms with Gasteiger partial charge in [0, 0.05) is 18.0 Å². The highest BCUT2D eigenvalue weighted by Gasteiger charge is 2.08. The Balaban J connectivity index is 2.05. The summed E-state index contributed by atoms with van der Waals surface area (Å²) in [7, 11) is 0. The van der Waals surface area contributed by atoms with Gasteiger partial charge in [-0.1, -0.05) is 18.3 Å². The Morgan fingerprint density at radius 2 is 2.19 bits per heavy atom. The molecule has 108 valence electrons. The molecule has 2 rings (SSSR count). The summed E-state index contributed by atoms with van der Waals surface area (Å²) in [5.41, 5.74) is 6.95. The van der Waals surface area contributed by atoms with Crippen molar-refractivity contribution in [3.63, 3.8) is 0 Å². The molecule has 0 spiro atoms. The van der Waals surface area contributed by atoms with Crippen LogP contribution in [0.1, 0.15) is 16.2 Å². The number of aromatic nitrogens is 2. The highest BCUT2D eigenvalue weighted by Crippen LogP contribution is 2.17. The average molecular weight is 302 g/mol. The van der Waals surface area contributed by atoms with Gasteiger partial charge in [0.25, 0.3) is 5.91 Å². The lowest BCUT2D eigenvalue weighted by Gasteiger charge is -2.08. The van der Waals surface area contributed by atoms with Crippen LogP contribution in [0.3, 0.4) is 0 Å². The SMILES string of the molecule is Cc1cnc(C(=O)Nc2cccc(OCC(N)=S)c2)cn1. The van der Waals surface area contributed by atoms with Crippen molar-refractivity contribution >= 4 is 28.8 Å². The number of ether oxygens (including phenoxy) is 1. The number of carbonyl (C=O) groups is 1. The van der Waals surface area contributed by atoms with Gasteiger partial charge < -0.3 is 15.8 Å². The van der Waals surface area contributed by atoms with Crippen LogP contribution in [0, 0.1) is 6.92 Å². The third-order valence-corrected chi connectivity index (χ3v) is 2.60. The number of aryl methyl sites for hydroxylation is 1. The molecule has 3 N–H and O–H groups in total. The van der Waals surface area contributed by atoms with Crippen molar-refractivity contribution in [3.05, 3.63) is 48.0 Å². The first-order chi connectivity index (χ1) is 10.0. The Morgan fingerprint density at radius 3 is 2.86 bits per heavy atom. The quantitative estimate of drug-likeness (QED) is 0.817. The summed E-state index contributed by atoms with van der Waals surface area (Å²) in [5.74, 6) is 0.226. The summed E-state index contributed by atoms with van der Waals surface area (Å²) in [6.45, 7) is 1.95. The Hall–Kier alpha value is -2.54. The Kier molecular flexibility index (Phi) is 4.78. The van der Waals surface area contributed by atoms with Crippen LogP contribution in [0.25, 0.3) is 0 Å². The maximum absolute atomic E-state index is 12.0. The number of nitrogens with zero attached hydrogens (tertiary/aromatic N) is 2. The molecular weight excluding hydrogens is 288 g/mol. The lowest BCUT2D eigenvalue weighted by Crippen LogP contribution is -2.18. The van der Waals surface area contributed by atoms with E-state index in [0.29, 0.717) is 11.4 Å². The fourth-order valence-electron chi connectivity index (χ4n) is 1.52. The van der Waals surface area contributed by atoms with Crippen LogP contribution in [0.4, 0.5) is 5.69 Å². The number of hydrogen-bond acceptors (Lipinski definition) is 5. The van der Waals surface area contributed by atoms with E-state index in [0.717, 1.165) is 5.69 Å². The summed E-state index contributed by atoms with van der Waals surface area (Å²) in [4.78, 5) is 20.3. The van der Waals surface area contributed by atoms with Crippen molar-refractivity contribution < 1.29 is 9.53 Å². The molecule has 0 aliphatic heterocycles. The van der Waals surface area contributed by atoms with E-state index in [1.54, 1.807) is 31.2 Å². The van der Waals surface area contributed by atoms with E-state index in [2.05, 4.69) is 15.3 Å². The van der Waals surface area contributed by atoms with E-state index < -0.39 is 0 Å². The smallest absolute Gasteiger partial charge is 0.275 e. The second-order valence-corrected chi connectivity index (χ2v) is 4.80. The first-order valence-electron chi connectivity index (χ1n) is 6.16. The van der Waals surface area contributed by atoms with Gasteiger partial charge in [-0.05, 0) is 19.1 Å². The highest BCUT2D eigenvalue weighted by molar-refractivity contribution is 7.80. The zero-order chi connectivity index (χ0) is 15.2. The predicted octanol–water partition coefficient (Wildman–Crippen LogP) is 1.70. The van der Waals surface area contributed by atoms with Gasteiger partial charge in [-0.15, -0.1) is 0 Å². The molecule has 0 unspecified atom stereocenters. The third-order valence-electron chi connectivity index (χ3n) is 2.49. The highest BCUT2D eigenvalue weighted by atomic mass is 32.1. The fraction of sp³-hybridized carbons (Fsp3) is 0.143. The van der Waals surface area contributed by atoms with Gasteiger partial charge in [0.05, 0.1) is 11.9 Å². The minimum atomic E-state index is -0.339. The molecule has 0 aliphatic carbocycles. The minimum absolute atomic E-state index is 0.149. The van der Waals surface area contributed by atoms with E-state index in [4.69, 9.17) is 22.7 Å². The summed E-state index contributed by atoms with van der Waals surface area (Å²) >= 11 is 4.74. The van der Waals surface area contributed by atoms with Gasteiger partial charge in [-0.3, -0.25) is 9.78 Å². The van der Waals surface area contributed by atoms with Crippen LogP contribution in [0.5, 0.6) is 5.75 Å². The second kappa shape index (κ2) is 6.76. The monoisotopic (exact) mass is 302 g/mol. The van der Waals surface area contributed by atoms with Crippen LogP contribution in [0.2, 0.25) is 0 Å². The molecule has 0 saturated carbocycles. The summed E-state index contributed by atoms with van der Waals surface area (Å²) in [6, 6.07) is 6.93. The van der Waals surface area contributed by atoms with Crippen LogP contribution in [-0.4, -0.2) is 27.5 Å². The first-order valence-corrected chi connectivity index (χ1v) is 6.56. The van der Waals surface area contributed by atoms with Gasteiger partial charge in [-0.2, -0.15) is 0 Å². The van der Waals surface area contributed by atoms with Crippen LogP contribution < -0.4 is 15.8 Å². The molecule has 6 nitrogen and oxygen atoms in total. The topological polar surface area (TPSA) is 90.1 Å². The predicted molar refractivity (Wildman–Crippen MR) is 83.4 cm³/mol. The molecule has 0 aliphatic rings. The van der Waals surface area contributed by atoms with E-state index in [9.17, 15) is 4.79 Å². The summed E-state index contributed by atoms with van der Waals surface area (Å²) < 4.78 is 5.37. The number of carbonyl (C=O) groups excluding carboxylic acids is 1. The molecule has 0 radical (unpaired) electrons. The number of nitrogens with one attached hydrogen (secondary N) is 1. The van der Waals surface area contributed by atoms with E-state index in [1.807, 2.05) is 0 Å². The average Bonchev–Trinajstić information content (AvgIpc) is 2.46. The third kappa shape index (κ3) is 4.50. The van der Waals surface area contributed by atoms with Gasteiger partial charge in [0.2, 0.25) is 0 Å². The van der Waals surface area contributed by atoms with Crippen LogP contribution in [-0.2, 0) is 0 Å². The molecule has 0 atom stereocenters. The van der Waals surface area contributed by atoms with Crippen molar-refractivity contribution in [2.45, 2.75) is 6.92 Å². The molecule has 1 aromatic heterocycles. The fourth-order valence-corrected chi connectivity index (χ4v) is 1.58. The second-order valence-electron chi connectivity index (χ2n) is 4.28. The number of thiocarbonyl (C=S) groups is 1. The lowest BCUT2D eigenvalue weighted by atomic mass is 10.3. The van der Waals surface area contributed by atoms with E-state index in [-0.39, 0.29) is 23.2 Å². The number of hydrogen-bond donors (Lipinski definition) is 2. The number of benzene rings is 1. The van der Waals surface area contributed by atoms with Crippen molar-refractivity contribution in [1.29, 1.82) is 0 Å². The molecule has 0 fully saturated rings. The van der Waals surface area contributed by atoms with Gasteiger partial charge in [0.15, 0.2) is 0 Å². The Morgan fingerprint density at radius 1 is 1.38 bits per heavy atom.